The van der Waals surface area contributed by atoms with Crippen LogP contribution in [0.1, 0.15) is 53.4 Å². The lowest BCUT2D eigenvalue weighted by molar-refractivity contribution is -0.128. The SMILES string of the molecule is CCCOCCNC(=O)[C@H](CCCCNC(=O)OC(C)(C)C)NC(=O)CN. The third-order valence-electron chi connectivity index (χ3n) is 3.32. The van der Waals surface area contributed by atoms with Crippen LogP contribution in [0.25, 0.3) is 0 Å². The minimum absolute atomic E-state index is 0.177. The molecule has 0 rings (SSSR count). The van der Waals surface area contributed by atoms with Gasteiger partial charge in [-0.1, -0.05) is 6.92 Å². The number of alkyl carbamates (subject to hydrolysis) is 1. The molecular weight excluding hydrogens is 352 g/mol. The van der Waals surface area contributed by atoms with Gasteiger partial charge in [0.15, 0.2) is 0 Å². The van der Waals surface area contributed by atoms with Gasteiger partial charge in [-0.05, 0) is 46.5 Å². The highest BCUT2D eigenvalue weighted by Crippen LogP contribution is 2.06. The number of hydrogen-bond donors (Lipinski definition) is 4. The Morgan fingerprint density at radius 1 is 1.04 bits per heavy atom. The van der Waals surface area contributed by atoms with Crippen LogP contribution >= 0.6 is 0 Å². The largest absolute Gasteiger partial charge is 0.444 e. The molecule has 27 heavy (non-hydrogen) atoms. The Balaban J connectivity index is 4.19. The Bertz CT molecular complexity index is 452. The Kier molecular flexibility index (Phi) is 13.2. The molecule has 0 heterocycles. The van der Waals surface area contributed by atoms with E-state index in [1.165, 1.54) is 0 Å². The predicted molar refractivity (Wildman–Crippen MR) is 103 cm³/mol. The molecule has 0 aromatic heterocycles. The second-order valence-electron chi connectivity index (χ2n) is 7.15. The van der Waals surface area contributed by atoms with Gasteiger partial charge < -0.3 is 31.2 Å². The van der Waals surface area contributed by atoms with Crippen molar-refractivity contribution in [2.45, 2.75) is 65.0 Å². The van der Waals surface area contributed by atoms with E-state index < -0.39 is 17.7 Å². The predicted octanol–water partition coefficient (Wildman–Crippen LogP) is 0.668. The smallest absolute Gasteiger partial charge is 0.407 e. The number of nitrogens with one attached hydrogen (secondary N) is 3. The van der Waals surface area contributed by atoms with Gasteiger partial charge >= 0.3 is 6.09 Å². The highest BCUT2D eigenvalue weighted by Gasteiger charge is 2.20. The lowest BCUT2D eigenvalue weighted by Gasteiger charge is -2.20. The lowest BCUT2D eigenvalue weighted by Crippen LogP contribution is -2.49. The van der Waals surface area contributed by atoms with Gasteiger partial charge in [0.2, 0.25) is 11.8 Å². The van der Waals surface area contributed by atoms with Crippen LogP contribution in [-0.2, 0) is 19.1 Å². The topological polar surface area (TPSA) is 132 Å². The summed E-state index contributed by atoms with van der Waals surface area (Å²) in [6, 6.07) is -0.659. The zero-order valence-corrected chi connectivity index (χ0v) is 17.1. The molecule has 0 aromatic rings. The van der Waals surface area contributed by atoms with E-state index in [1.54, 1.807) is 20.8 Å². The minimum Gasteiger partial charge on any atom is -0.444 e. The first kappa shape index (κ1) is 25.1. The zero-order valence-electron chi connectivity index (χ0n) is 17.1. The molecule has 1 atom stereocenters. The number of amides is 3. The van der Waals surface area contributed by atoms with Crippen LogP contribution in [0.5, 0.6) is 0 Å². The lowest BCUT2D eigenvalue weighted by atomic mass is 10.1. The van der Waals surface area contributed by atoms with E-state index in [0.29, 0.717) is 45.6 Å². The van der Waals surface area contributed by atoms with E-state index in [1.807, 2.05) is 6.92 Å². The van der Waals surface area contributed by atoms with Crippen molar-refractivity contribution < 1.29 is 23.9 Å². The van der Waals surface area contributed by atoms with E-state index in [-0.39, 0.29) is 18.4 Å². The van der Waals surface area contributed by atoms with Crippen molar-refractivity contribution in [2.24, 2.45) is 5.73 Å². The molecule has 0 unspecified atom stereocenters. The Labute approximate surface area is 162 Å². The van der Waals surface area contributed by atoms with E-state index in [2.05, 4.69) is 16.0 Å². The number of rotatable bonds is 13. The Morgan fingerprint density at radius 3 is 2.33 bits per heavy atom. The molecule has 3 amide bonds. The number of ether oxygens (including phenoxy) is 2. The van der Waals surface area contributed by atoms with Gasteiger partial charge in [0.05, 0.1) is 13.2 Å². The van der Waals surface area contributed by atoms with E-state index in [4.69, 9.17) is 15.2 Å². The van der Waals surface area contributed by atoms with Crippen LogP contribution in [0.15, 0.2) is 0 Å². The monoisotopic (exact) mass is 388 g/mol. The van der Waals surface area contributed by atoms with Gasteiger partial charge in [-0.15, -0.1) is 0 Å². The number of carbonyl (C=O) groups excluding carboxylic acids is 3. The second-order valence-corrected chi connectivity index (χ2v) is 7.15. The van der Waals surface area contributed by atoms with E-state index in [0.717, 1.165) is 6.42 Å². The molecular formula is C18H36N4O5. The number of unbranched alkanes of at least 4 members (excludes halogenated alkanes) is 1. The minimum atomic E-state index is -0.659. The maximum atomic E-state index is 12.2. The van der Waals surface area contributed by atoms with Crippen molar-refractivity contribution in [1.82, 2.24) is 16.0 Å². The Morgan fingerprint density at radius 2 is 1.74 bits per heavy atom. The van der Waals surface area contributed by atoms with Crippen LogP contribution in [0, 0.1) is 0 Å². The molecule has 0 aliphatic heterocycles. The summed E-state index contributed by atoms with van der Waals surface area (Å²) in [6.45, 7) is 9.10. The summed E-state index contributed by atoms with van der Waals surface area (Å²) in [7, 11) is 0. The van der Waals surface area contributed by atoms with Crippen molar-refractivity contribution in [3.8, 4) is 0 Å². The fraction of sp³-hybridized carbons (Fsp3) is 0.833. The number of nitrogens with two attached hydrogens (primary N) is 1. The molecule has 5 N–H and O–H groups in total. The highest BCUT2D eigenvalue weighted by molar-refractivity contribution is 5.88. The summed E-state index contributed by atoms with van der Waals surface area (Å²) in [5, 5.41) is 8.03. The van der Waals surface area contributed by atoms with Crippen LogP contribution in [0.3, 0.4) is 0 Å². The van der Waals surface area contributed by atoms with Crippen molar-refractivity contribution in [2.75, 3.05) is 32.8 Å². The van der Waals surface area contributed by atoms with E-state index >= 15 is 0 Å². The van der Waals surface area contributed by atoms with E-state index in [9.17, 15) is 14.4 Å². The number of carbonyl (C=O) groups is 3. The molecule has 0 saturated heterocycles. The third-order valence-corrected chi connectivity index (χ3v) is 3.32. The first-order valence-corrected chi connectivity index (χ1v) is 9.51. The summed E-state index contributed by atoms with van der Waals surface area (Å²) in [4.78, 5) is 35.3. The third kappa shape index (κ3) is 14.9. The molecule has 0 fully saturated rings. The van der Waals surface area contributed by atoms with Gasteiger partial charge in [-0.3, -0.25) is 9.59 Å². The maximum Gasteiger partial charge on any atom is 0.407 e. The maximum absolute atomic E-state index is 12.2. The first-order valence-electron chi connectivity index (χ1n) is 9.51. The van der Waals surface area contributed by atoms with Crippen LogP contribution in [0.4, 0.5) is 4.79 Å². The van der Waals surface area contributed by atoms with Gasteiger partial charge in [-0.25, -0.2) is 4.79 Å². The average molecular weight is 389 g/mol. The average Bonchev–Trinajstić information content (AvgIpc) is 2.58. The van der Waals surface area contributed by atoms with Gasteiger partial charge in [0.25, 0.3) is 0 Å². The first-order chi connectivity index (χ1) is 12.7. The normalized spacial score (nSPS) is 12.2. The molecule has 0 radical (unpaired) electrons. The summed E-state index contributed by atoms with van der Waals surface area (Å²) < 4.78 is 10.5. The molecule has 0 aliphatic rings. The van der Waals surface area contributed by atoms with Gasteiger partial charge in [0.1, 0.15) is 11.6 Å². The number of hydrogen-bond acceptors (Lipinski definition) is 6. The molecule has 0 bridgehead atoms. The summed E-state index contributed by atoms with van der Waals surface area (Å²) in [5.74, 6) is -0.652. The standard InChI is InChI=1S/C18H36N4O5/c1-5-11-26-12-10-20-16(24)14(22-15(23)13-19)8-6-7-9-21-17(25)27-18(2,3)4/h14H,5-13,19H2,1-4H3,(H,20,24)(H,21,25)(H,22,23)/t14-/m0/s1. The summed E-state index contributed by atoms with van der Waals surface area (Å²) in [6.07, 6.45) is 2.19. The molecule has 0 spiro atoms. The van der Waals surface area contributed by atoms with Crippen molar-refractivity contribution >= 4 is 17.9 Å². The van der Waals surface area contributed by atoms with Crippen molar-refractivity contribution in [3.63, 3.8) is 0 Å². The van der Waals surface area contributed by atoms with Crippen LogP contribution in [-0.4, -0.2) is 62.4 Å². The molecule has 0 saturated carbocycles. The second kappa shape index (κ2) is 14.2. The van der Waals surface area contributed by atoms with Gasteiger partial charge in [0, 0.05) is 19.7 Å². The molecule has 0 aromatic carbocycles. The molecule has 158 valence electrons. The fourth-order valence-corrected chi connectivity index (χ4v) is 2.12. The summed E-state index contributed by atoms with van der Waals surface area (Å²) >= 11 is 0. The quantitative estimate of drug-likeness (QED) is 0.343. The molecule has 0 aliphatic carbocycles. The van der Waals surface area contributed by atoms with Crippen LogP contribution in [0.2, 0.25) is 0 Å². The Hall–Kier alpha value is -1.87. The molecule has 9 heteroatoms. The molecule has 9 nitrogen and oxygen atoms in total. The fourth-order valence-electron chi connectivity index (χ4n) is 2.12. The van der Waals surface area contributed by atoms with Crippen molar-refractivity contribution in [1.29, 1.82) is 0 Å². The van der Waals surface area contributed by atoms with Crippen molar-refractivity contribution in [3.05, 3.63) is 0 Å². The van der Waals surface area contributed by atoms with Gasteiger partial charge in [-0.2, -0.15) is 0 Å². The van der Waals surface area contributed by atoms with Crippen LogP contribution < -0.4 is 21.7 Å². The zero-order chi connectivity index (χ0) is 20.7. The highest BCUT2D eigenvalue weighted by atomic mass is 16.6. The summed E-state index contributed by atoms with van der Waals surface area (Å²) in [5.41, 5.74) is 4.77.